The molecule has 1 heterocycles. The quantitative estimate of drug-likeness (QED) is 0.498. The van der Waals surface area contributed by atoms with Crippen LogP contribution in [0.15, 0.2) is 40.9 Å². The van der Waals surface area contributed by atoms with Crippen LogP contribution in [0.4, 0.5) is 5.69 Å². The molecule has 18 heavy (non-hydrogen) atoms. The number of hydrogen-bond acceptors (Lipinski definition) is 4. The zero-order valence-corrected chi connectivity index (χ0v) is 10.5. The van der Waals surface area contributed by atoms with E-state index in [1.807, 2.05) is 6.07 Å². The Balaban J connectivity index is 2.05. The molecule has 2 aromatic carbocycles. The van der Waals surface area contributed by atoms with Gasteiger partial charge in [-0.05, 0) is 24.3 Å². The summed E-state index contributed by atoms with van der Waals surface area (Å²) in [5, 5.41) is 10.7. The summed E-state index contributed by atoms with van der Waals surface area (Å²) in [5.41, 5.74) is -0.0297. The number of non-ortho nitro benzene ring substituents is 1. The molecule has 0 bridgehead atoms. The average molecular weight is 308 g/mol. The molecule has 5 nitrogen and oxygen atoms in total. The van der Waals surface area contributed by atoms with E-state index in [0.29, 0.717) is 23.0 Å². The Morgan fingerprint density at radius 3 is 2.22 bits per heavy atom. The molecule has 0 amide bonds. The van der Waals surface area contributed by atoms with Crippen LogP contribution in [0.3, 0.4) is 0 Å². The van der Waals surface area contributed by atoms with Crippen molar-refractivity contribution in [2.24, 2.45) is 0 Å². The van der Waals surface area contributed by atoms with Crippen molar-refractivity contribution in [3.8, 4) is 23.0 Å². The van der Waals surface area contributed by atoms with Crippen LogP contribution in [-0.2, 0) is 0 Å². The zero-order chi connectivity index (χ0) is 12.7. The summed E-state index contributed by atoms with van der Waals surface area (Å²) in [6, 6.07) is 9.58. The number of benzene rings is 2. The molecule has 6 heteroatoms. The lowest BCUT2D eigenvalue weighted by atomic mass is 10.2. The van der Waals surface area contributed by atoms with Crippen LogP contribution in [0.25, 0.3) is 0 Å². The standard InChI is InChI=1S/C12H6BrNO4/c13-7-1-3-9-11(5-7)17-10-4-2-8(14(15)16)6-12(10)18-9/h1-6H. The highest BCUT2D eigenvalue weighted by Crippen LogP contribution is 2.46. The predicted octanol–water partition coefficient (Wildman–Crippen LogP) is 4.26. The van der Waals surface area contributed by atoms with E-state index in [0.717, 1.165) is 4.47 Å². The molecular weight excluding hydrogens is 302 g/mol. The van der Waals surface area contributed by atoms with Crippen molar-refractivity contribution in [3.63, 3.8) is 0 Å². The van der Waals surface area contributed by atoms with Crippen LogP contribution in [0.1, 0.15) is 0 Å². The van der Waals surface area contributed by atoms with Gasteiger partial charge in [0.1, 0.15) is 0 Å². The summed E-state index contributed by atoms with van der Waals surface area (Å²) < 4.78 is 12.1. The topological polar surface area (TPSA) is 61.6 Å². The van der Waals surface area contributed by atoms with Crippen molar-refractivity contribution in [1.29, 1.82) is 0 Å². The van der Waals surface area contributed by atoms with Crippen molar-refractivity contribution in [3.05, 3.63) is 51.0 Å². The van der Waals surface area contributed by atoms with Gasteiger partial charge in [-0.25, -0.2) is 0 Å². The van der Waals surface area contributed by atoms with Gasteiger partial charge in [0.05, 0.1) is 11.0 Å². The maximum Gasteiger partial charge on any atom is 0.273 e. The van der Waals surface area contributed by atoms with E-state index in [4.69, 9.17) is 9.47 Å². The summed E-state index contributed by atoms with van der Waals surface area (Å²) in [6.07, 6.45) is 0. The Morgan fingerprint density at radius 1 is 0.944 bits per heavy atom. The second kappa shape index (κ2) is 3.99. The fourth-order valence-corrected chi connectivity index (χ4v) is 2.00. The Morgan fingerprint density at radius 2 is 1.56 bits per heavy atom. The minimum Gasteiger partial charge on any atom is -0.449 e. The number of nitro groups is 1. The Hall–Kier alpha value is -2.08. The largest absolute Gasteiger partial charge is 0.449 e. The summed E-state index contributed by atoms with van der Waals surface area (Å²) >= 11 is 3.34. The van der Waals surface area contributed by atoms with E-state index in [2.05, 4.69) is 15.9 Å². The molecule has 1 aliphatic rings. The van der Waals surface area contributed by atoms with Crippen LogP contribution in [0, 0.1) is 10.1 Å². The van der Waals surface area contributed by atoms with Gasteiger partial charge in [0.2, 0.25) is 0 Å². The van der Waals surface area contributed by atoms with Crippen molar-refractivity contribution in [1.82, 2.24) is 0 Å². The molecule has 0 unspecified atom stereocenters. The molecule has 0 N–H and O–H groups in total. The van der Waals surface area contributed by atoms with Gasteiger partial charge in [0.25, 0.3) is 5.69 Å². The second-order valence-electron chi connectivity index (χ2n) is 3.68. The molecule has 0 saturated heterocycles. The first-order chi connectivity index (χ1) is 8.63. The predicted molar refractivity (Wildman–Crippen MR) is 67.4 cm³/mol. The van der Waals surface area contributed by atoms with Gasteiger partial charge >= 0.3 is 0 Å². The van der Waals surface area contributed by atoms with Crippen LogP contribution >= 0.6 is 15.9 Å². The summed E-state index contributed by atoms with van der Waals surface area (Å²) in [7, 11) is 0. The number of nitro benzene ring substituents is 1. The molecule has 0 atom stereocenters. The van der Waals surface area contributed by atoms with Gasteiger partial charge in [-0.2, -0.15) is 0 Å². The number of nitrogens with zero attached hydrogens (tertiary/aromatic N) is 1. The Bertz CT molecular complexity index is 657. The van der Waals surface area contributed by atoms with E-state index in [1.165, 1.54) is 18.2 Å². The van der Waals surface area contributed by atoms with E-state index >= 15 is 0 Å². The lowest BCUT2D eigenvalue weighted by molar-refractivity contribution is -0.384. The van der Waals surface area contributed by atoms with Crippen LogP contribution < -0.4 is 9.47 Å². The second-order valence-corrected chi connectivity index (χ2v) is 4.60. The fourth-order valence-electron chi connectivity index (χ4n) is 1.66. The molecule has 0 radical (unpaired) electrons. The first kappa shape index (κ1) is 11.0. The maximum absolute atomic E-state index is 10.7. The molecule has 1 aliphatic heterocycles. The average Bonchev–Trinajstić information content (AvgIpc) is 2.35. The number of ether oxygens (including phenoxy) is 2. The zero-order valence-electron chi connectivity index (χ0n) is 8.92. The highest BCUT2D eigenvalue weighted by atomic mass is 79.9. The van der Waals surface area contributed by atoms with Crippen LogP contribution in [-0.4, -0.2) is 4.92 Å². The number of rotatable bonds is 1. The Labute approximate surface area is 110 Å². The third-order valence-electron chi connectivity index (χ3n) is 2.48. The van der Waals surface area contributed by atoms with Crippen molar-refractivity contribution in [2.45, 2.75) is 0 Å². The van der Waals surface area contributed by atoms with E-state index in [1.54, 1.807) is 12.1 Å². The van der Waals surface area contributed by atoms with Gasteiger partial charge in [-0.1, -0.05) is 15.9 Å². The molecule has 90 valence electrons. The van der Waals surface area contributed by atoms with Crippen LogP contribution in [0.2, 0.25) is 0 Å². The molecule has 0 fully saturated rings. The van der Waals surface area contributed by atoms with E-state index < -0.39 is 4.92 Å². The molecule has 0 aliphatic carbocycles. The van der Waals surface area contributed by atoms with Crippen LogP contribution in [0.5, 0.6) is 23.0 Å². The van der Waals surface area contributed by atoms with Crippen molar-refractivity contribution in [2.75, 3.05) is 0 Å². The first-order valence-electron chi connectivity index (χ1n) is 5.07. The van der Waals surface area contributed by atoms with E-state index in [-0.39, 0.29) is 5.69 Å². The van der Waals surface area contributed by atoms with Crippen molar-refractivity contribution < 1.29 is 14.4 Å². The lowest BCUT2D eigenvalue weighted by Gasteiger charge is -2.20. The summed E-state index contributed by atoms with van der Waals surface area (Å²) in [6.45, 7) is 0. The minimum atomic E-state index is -0.471. The monoisotopic (exact) mass is 307 g/mol. The van der Waals surface area contributed by atoms with Gasteiger partial charge < -0.3 is 9.47 Å². The Kier molecular flexibility index (Phi) is 2.45. The number of halogens is 1. The molecule has 3 rings (SSSR count). The van der Waals surface area contributed by atoms with E-state index in [9.17, 15) is 10.1 Å². The molecule has 0 aromatic heterocycles. The van der Waals surface area contributed by atoms with Gasteiger partial charge in [-0.3, -0.25) is 10.1 Å². The normalized spacial score (nSPS) is 11.8. The fraction of sp³-hybridized carbons (Fsp3) is 0. The number of fused-ring (bicyclic) bond motifs is 2. The maximum atomic E-state index is 10.7. The first-order valence-corrected chi connectivity index (χ1v) is 5.86. The molecule has 0 saturated carbocycles. The number of hydrogen-bond donors (Lipinski definition) is 0. The lowest BCUT2D eigenvalue weighted by Crippen LogP contribution is -1.99. The molecule has 2 aromatic rings. The summed E-state index contributed by atoms with van der Waals surface area (Å²) in [5.74, 6) is 1.92. The molecule has 0 spiro atoms. The highest BCUT2D eigenvalue weighted by Gasteiger charge is 2.21. The molecular formula is C12H6BrNO4. The third-order valence-corrected chi connectivity index (χ3v) is 2.98. The van der Waals surface area contributed by atoms with Crippen molar-refractivity contribution >= 4 is 21.6 Å². The minimum absolute atomic E-state index is 0.0297. The van der Waals surface area contributed by atoms with Gasteiger partial charge in [-0.15, -0.1) is 0 Å². The summed E-state index contributed by atoms with van der Waals surface area (Å²) in [4.78, 5) is 10.2. The van der Waals surface area contributed by atoms with Gasteiger partial charge in [0, 0.05) is 10.5 Å². The highest BCUT2D eigenvalue weighted by molar-refractivity contribution is 9.10. The SMILES string of the molecule is O=[N+]([O-])c1ccc2c(c1)Oc1ccc(Br)cc1O2. The van der Waals surface area contributed by atoms with Gasteiger partial charge in [0.15, 0.2) is 23.0 Å². The third kappa shape index (κ3) is 1.80. The smallest absolute Gasteiger partial charge is 0.273 e.